The molecule has 0 radical (unpaired) electrons. The summed E-state index contributed by atoms with van der Waals surface area (Å²) in [6, 6.07) is 17.6. The second-order valence-electron chi connectivity index (χ2n) is 7.23. The number of carbonyl (C=O) groups excluding carboxylic acids is 4. The lowest BCUT2D eigenvalue weighted by atomic mass is 10.1. The number of nitrogens with zero attached hydrogens (tertiary/aromatic N) is 2. The number of ether oxygens (including phenoxy) is 1. The Morgan fingerprint density at radius 1 is 0.879 bits per heavy atom. The number of esters is 1. The smallest absolute Gasteiger partial charge is 0.338 e. The molecule has 1 unspecified atom stereocenters. The molecular formula is C24H16N2O7. The van der Waals surface area contributed by atoms with Crippen LogP contribution in [-0.4, -0.2) is 34.6 Å². The van der Waals surface area contributed by atoms with Crippen molar-refractivity contribution >= 4 is 34.9 Å². The van der Waals surface area contributed by atoms with Gasteiger partial charge in [0, 0.05) is 11.6 Å². The summed E-state index contributed by atoms with van der Waals surface area (Å²) in [5.41, 5.74) is -0.136. The number of nitro groups is 1. The lowest BCUT2D eigenvalue weighted by molar-refractivity contribution is -0.385. The van der Waals surface area contributed by atoms with Gasteiger partial charge in [0.1, 0.15) is 5.56 Å². The second kappa shape index (κ2) is 8.46. The quantitative estimate of drug-likeness (QED) is 0.186. The van der Waals surface area contributed by atoms with Gasteiger partial charge >= 0.3 is 5.97 Å². The van der Waals surface area contributed by atoms with Crippen LogP contribution in [0.1, 0.15) is 48.4 Å². The molecule has 1 aliphatic rings. The van der Waals surface area contributed by atoms with Crippen LogP contribution >= 0.6 is 0 Å². The standard InChI is InChI=1S/C24H16N2O7/c1-14(21(27)15-6-3-2-4-7-15)33-24(30)16-10-12-17(13-11-16)25-22(28)18-8-5-9-19(26(31)32)20(18)23(25)29/h2-14H,1H3. The van der Waals surface area contributed by atoms with Crippen molar-refractivity contribution in [2.75, 3.05) is 4.90 Å². The number of rotatable bonds is 6. The lowest BCUT2D eigenvalue weighted by Gasteiger charge is -2.15. The fraction of sp³-hybridized carbons (Fsp3) is 0.0833. The minimum atomic E-state index is -1.02. The number of ketones is 1. The van der Waals surface area contributed by atoms with Gasteiger partial charge < -0.3 is 4.74 Å². The van der Waals surface area contributed by atoms with Crippen LogP contribution < -0.4 is 4.90 Å². The van der Waals surface area contributed by atoms with Crippen LogP contribution in [0.2, 0.25) is 0 Å². The largest absolute Gasteiger partial charge is 0.451 e. The van der Waals surface area contributed by atoms with E-state index in [0.717, 1.165) is 11.0 Å². The number of anilines is 1. The van der Waals surface area contributed by atoms with Crippen molar-refractivity contribution in [2.45, 2.75) is 13.0 Å². The molecule has 4 rings (SSSR count). The molecule has 3 aromatic carbocycles. The molecule has 9 nitrogen and oxygen atoms in total. The van der Waals surface area contributed by atoms with Crippen LogP contribution in [0, 0.1) is 10.1 Å². The highest BCUT2D eigenvalue weighted by molar-refractivity contribution is 6.35. The van der Waals surface area contributed by atoms with E-state index in [1.54, 1.807) is 30.3 Å². The highest BCUT2D eigenvalue weighted by Gasteiger charge is 2.41. The van der Waals surface area contributed by atoms with Gasteiger partial charge in [-0.15, -0.1) is 0 Å². The van der Waals surface area contributed by atoms with Crippen molar-refractivity contribution in [3.8, 4) is 0 Å². The Morgan fingerprint density at radius 2 is 1.55 bits per heavy atom. The summed E-state index contributed by atoms with van der Waals surface area (Å²) in [7, 11) is 0. The van der Waals surface area contributed by atoms with Crippen molar-refractivity contribution < 1.29 is 28.8 Å². The number of carbonyl (C=O) groups is 4. The molecule has 0 N–H and O–H groups in total. The predicted molar refractivity (Wildman–Crippen MR) is 116 cm³/mol. The molecule has 3 aromatic rings. The maximum atomic E-state index is 12.8. The third-order valence-electron chi connectivity index (χ3n) is 5.16. The SMILES string of the molecule is CC(OC(=O)c1ccc(N2C(=O)c3cccc([N+](=O)[O-])c3C2=O)cc1)C(=O)c1ccccc1. The van der Waals surface area contributed by atoms with Crippen LogP contribution in [-0.2, 0) is 4.74 Å². The Kier molecular flexibility index (Phi) is 5.53. The molecule has 0 aromatic heterocycles. The minimum Gasteiger partial charge on any atom is -0.451 e. The van der Waals surface area contributed by atoms with Crippen molar-refractivity contribution in [1.29, 1.82) is 0 Å². The van der Waals surface area contributed by atoms with Gasteiger partial charge in [0.2, 0.25) is 5.78 Å². The highest BCUT2D eigenvalue weighted by Crippen LogP contribution is 2.33. The Labute approximate surface area is 187 Å². The normalized spacial score (nSPS) is 13.4. The molecule has 9 heteroatoms. The number of hydrogen-bond donors (Lipinski definition) is 0. The third kappa shape index (κ3) is 3.87. The molecule has 33 heavy (non-hydrogen) atoms. The average Bonchev–Trinajstić information content (AvgIpc) is 3.09. The van der Waals surface area contributed by atoms with E-state index < -0.39 is 34.5 Å². The summed E-state index contributed by atoms with van der Waals surface area (Å²) < 4.78 is 5.24. The Hall–Kier alpha value is -4.66. The van der Waals surface area contributed by atoms with E-state index in [0.29, 0.717) is 5.56 Å². The molecule has 0 aliphatic carbocycles. The van der Waals surface area contributed by atoms with Crippen molar-refractivity contribution in [1.82, 2.24) is 0 Å². The van der Waals surface area contributed by atoms with E-state index in [9.17, 15) is 29.3 Å². The van der Waals surface area contributed by atoms with Gasteiger partial charge in [-0.1, -0.05) is 36.4 Å². The minimum absolute atomic E-state index is 0.0639. The second-order valence-corrected chi connectivity index (χ2v) is 7.23. The van der Waals surface area contributed by atoms with E-state index in [-0.39, 0.29) is 28.2 Å². The van der Waals surface area contributed by atoms with Gasteiger partial charge in [-0.25, -0.2) is 9.69 Å². The van der Waals surface area contributed by atoms with Gasteiger partial charge in [0.25, 0.3) is 17.5 Å². The van der Waals surface area contributed by atoms with Crippen LogP contribution in [0.25, 0.3) is 0 Å². The molecule has 164 valence electrons. The van der Waals surface area contributed by atoms with E-state index in [1.165, 1.54) is 43.3 Å². The van der Waals surface area contributed by atoms with Gasteiger partial charge in [0.15, 0.2) is 6.10 Å². The average molecular weight is 444 g/mol. The highest BCUT2D eigenvalue weighted by atomic mass is 16.6. The zero-order valence-electron chi connectivity index (χ0n) is 17.3. The summed E-state index contributed by atoms with van der Waals surface area (Å²) >= 11 is 0. The number of Topliss-reactive ketones (excluding diaryl/α,β-unsaturated/α-hetero) is 1. The van der Waals surface area contributed by atoms with E-state index in [2.05, 4.69) is 0 Å². The van der Waals surface area contributed by atoms with Gasteiger partial charge in [0.05, 0.1) is 21.7 Å². The summed E-state index contributed by atoms with van der Waals surface area (Å²) in [6.45, 7) is 1.47. The van der Waals surface area contributed by atoms with Crippen LogP contribution in [0.15, 0.2) is 72.8 Å². The molecule has 2 amide bonds. The van der Waals surface area contributed by atoms with Crippen LogP contribution in [0.3, 0.4) is 0 Å². The maximum Gasteiger partial charge on any atom is 0.338 e. The fourth-order valence-corrected chi connectivity index (χ4v) is 3.52. The molecule has 1 heterocycles. The van der Waals surface area contributed by atoms with Crippen LogP contribution in [0.5, 0.6) is 0 Å². The first-order chi connectivity index (χ1) is 15.8. The Morgan fingerprint density at radius 3 is 2.18 bits per heavy atom. The summed E-state index contributed by atoms with van der Waals surface area (Å²) in [6.07, 6.45) is -1.02. The first-order valence-corrected chi connectivity index (χ1v) is 9.86. The van der Waals surface area contributed by atoms with E-state index in [1.807, 2.05) is 0 Å². The molecule has 0 bridgehead atoms. The molecule has 1 aliphatic heterocycles. The Bertz CT molecular complexity index is 1300. The van der Waals surface area contributed by atoms with Crippen molar-refractivity contribution in [3.05, 3.63) is 105 Å². The summed E-state index contributed by atoms with van der Waals surface area (Å²) in [4.78, 5) is 61.7. The summed E-state index contributed by atoms with van der Waals surface area (Å²) in [5, 5.41) is 11.3. The topological polar surface area (TPSA) is 124 Å². The zero-order chi connectivity index (χ0) is 23.7. The number of nitro benzene ring substituents is 1. The third-order valence-corrected chi connectivity index (χ3v) is 5.16. The van der Waals surface area contributed by atoms with Crippen LogP contribution in [0.4, 0.5) is 11.4 Å². The fourth-order valence-electron chi connectivity index (χ4n) is 3.52. The molecule has 0 saturated carbocycles. The van der Waals surface area contributed by atoms with Gasteiger partial charge in [-0.2, -0.15) is 0 Å². The van der Waals surface area contributed by atoms with Gasteiger partial charge in [-0.05, 0) is 37.3 Å². The molecule has 1 atom stereocenters. The molecule has 0 spiro atoms. The van der Waals surface area contributed by atoms with Crippen molar-refractivity contribution in [3.63, 3.8) is 0 Å². The number of hydrogen-bond acceptors (Lipinski definition) is 7. The van der Waals surface area contributed by atoms with Gasteiger partial charge in [-0.3, -0.25) is 24.5 Å². The first kappa shape index (κ1) is 21.6. The number of fused-ring (bicyclic) bond motifs is 1. The molecular weight excluding hydrogens is 428 g/mol. The number of amides is 2. The van der Waals surface area contributed by atoms with E-state index in [4.69, 9.17) is 4.74 Å². The van der Waals surface area contributed by atoms with Crippen molar-refractivity contribution in [2.24, 2.45) is 0 Å². The maximum absolute atomic E-state index is 12.8. The molecule has 0 fully saturated rings. The Balaban J connectivity index is 1.52. The molecule has 0 saturated heterocycles. The number of imide groups is 1. The monoisotopic (exact) mass is 444 g/mol. The lowest BCUT2D eigenvalue weighted by Crippen LogP contribution is -2.29. The zero-order valence-corrected chi connectivity index (χ0v) is 17.3. The summed E-state index contributed by atoms with van der Waals surface area (Å²) in [5.74, 6) is -2.62. The number of benzene rings is 3. The first-order valence-electron chi connectivity index (χ1n) is 9.86. The predicted octanol–water partition coefficient (Wildman–Crippen LogP) is 3.82. The van der Waals surface area contributed by atoms with E-state index >= 15 is 0 Å².